The van der Waals surface area contributed by atoms with Crippen molar-refractivity contribution in [1.82, 2.24) is 9.97 Å². The molecule has 6 heteroatoms. The van der Waals surface area contributed by atoms with Crippen LogP contribution in [0.3, 0.4) is 0 Å². The van der Waals surface area contributed by atoms with Crippen LogP contribution in [0.1, 0.15) is 19.8 Å². The van der Waals surface area contributed by atoms with Crippen molar-refractivity contribution < 1.29 is 0 Å². The lowest BCUT2D eigenvalue weighted by Crippen LogP contribution is -2.02. The second-order valence-corrected chi connectivity index (χ2v) is 4.25. The Bertz CT molecular complexity index is 295. The Hall–Kier alpha value is -0.680. The van der Waals surface area contributed by atoms with Gasteiger partial charge in [-0.1, -0.05) is 24.9 Å². The summed E-state index contributed by atoms with van der Waals surface area (Å²) in [7, 11) is 0. The first-order chi connectivity index (χ1) is 6.65. The molecule has 0 unspecified atom stereocenters. The number of thioether (sulfide) groups is 1. The summed E-state index contributed by atoms with van der Waals surface area (Å²) < 4.78 is 0. The number of nitrogens with two attached hydrogens (primary N) is 2. The Labute approximate surface area is 92.4 Å². The van der Waals surface area contributed by atoms with E-state index in [4.69, 9.17) is 23.1 Å². The summed E-state index contributed by atoms with van der Waals surface area (Å²) in [6.07, 6.45) is 2.26. The second-order valence-electron chi connectivity index (χ2n) is 2.79. The van der Waals surface area contributed by atoms with Crippen LogP contribution < -0.4 is 11.5 Å². The minimum absolute atomic E-state index is 0.118. The Balaban J connectivity index is 2.75. The molecule has 1 aromatic rings. The lowest BCUT2D eigenvalue weighted by Gasteiger charge is -2.06. The van der Waals surface area contributed by atoms with E-state index in [0.29, 0.717) is 11.0 Å². The molecule has 0 aliphatic rings. The van der Waals surface area contributed by atoms with Crippen molar-refractivity contribution in [1.29, 1.82) is 0 Å². The Morgan fingerprint density at radius 3 is 2.64 bits per heavy atom. The molecule has 4 N–H and O–H groups in total. The van der Waals surface area contributed by atoms with Crippen LogP contribution >= 0.6 is 23.4 Å². The van der Waals surface area contributed by atoms with Gasteiger partial charge in [0, 0.05) is 0 Å². The SMILES string of the molecule is CCCCSc1c(N)nc(N)nc1Cl. The second kappa shape index (κ2) is 5.26. The van der Waals surface area contributed by atoms with Gasteiger partial charge in [-0.3, -0.25) is 0 Å². The fourth-order valence-corrected chi connectivity index (χ4v) is 2.25. The van der Waals surface area contributed by atoms with E-state index in [1.54, 1.807) is 11.8 Å². The highest BCUT2D eigenvalue weighted by Gasteiger charge is 2.09. The number of nitrogens with zero attached hydrogens (tertiary/aromatic N) is 2. The van der Waals surface area contributed by atoms with E-state index in [1.165, 1.54) is 0 Å². The van der Waals surface area contributed by atoms with E-state index in [0.717, 1.165) is 23.5 Å². The third-order valence-corrected chi connectivity index (χ3v) is 3.18. The Morgan fingerprint density at radius 2 is 2.07 bits per heavy atom. The van der Waals surface area contributed by atoms with Crippen LogP contribution in [-0.2, 0) is 0 Å². The van der Waals surface area contributed by atoms with Gasteiger partial charge in [-0.15, -0.1) is 11.8 Å². The van der Waals surface area contributed by atoms with Gasteiger partial charge < -0.3 is 11.5 Å². The molecule has 0 aliphatic heterocycles. The summed E-state index contributed by atoms with van der Waals surface area (Å²) in [6.45, 7) is 2.13. The first-order valence-corrected chi connectivity index (χ1v) is 5.72. The molecule has 0 amide bonds. The average Bonchev–Trinajstić information content (AvgIpc) is 2.09. The number of hydrogen-bond donors (Lipinski definition) is 2. The zero-order chi connectivity index (χ0) is 10.6. The van der Waals surface area contributed by atoms with Gasteiger partial charge in [-0.05, 0) is 12.2 Å². The van der Waals surface area contributed by atoms with Crippen molar-refractivity contribution in [3.8, 4) is 0 Å². The summed E-state index contributed by atoms with van der Waals surface area (Å²) in [5.41, 5.74) is 11.1. The lowest BCUT2D eigenvalue weighted by molar-refractivity contribution is 0.896. The van der Waals surface area contributed by atoms with E-state index in [2.05, 4.69) is 16.9 Å². The van der Waals surface area contributed by atoms with E-state index < -0.39 is 0 Å². The molecule has 1 rings (SSSR count). The molecule has 0 radical (unpaired) electrons. The molecule has 0 saturated carbocycles. The molecule has 0 saturated heterocycles. The quantitative estimate of drug-likeness (QED) is 0.473. The van der Waals surface area contributed by atoms with Gasteiger partial charge in [0.15, 0.2) is 0 Å². The van der Waals surface area contributed by atoms with Crippen LogP contribution in [0, 0.1) is 0 Å². The minimum Gasteiger partial charge on any atom is -0.383 e. The van der Waals surface area contributed by atoms with Gasteiger partial charge >= 0.3 is 0 Å². The summed E-state index contributed by atoms with van der Waals surface area (Å²) in [6, 6.07) is 0. The smallest absolute Gasteiger partial charge is 0.223 e. The molecule has 14 heavy (non-hydrogen) atoms. The zero-order valence-electron chi connectivity index (χ0n) is 7.96. The van der Waals surface area contributed by atoms with Crippen molar-refractivity contribution >= 4 is 35.1 Å². The van der Waals surface area contributed by atoms with Crippen molar-refractivity contribution in [3.05, 3.63) is 5.15 Å². The number of rotatable bonds is 4. The Morgan fingerprint density at radius 1 is 1.36 bits per heavy atom. The topological polar surface area (TPSA) is 77.8 Å². The van der Waals surface area contributed by atoms with Crippen molar-refractivity contribution in [3.63, 3.8) is 0 Å². The summed E-state index contributed by atoms with van der Waals surface area (Å²) in [5.74, 6) is 1.45. The summed E-state index contributed by atoms with van der Waals surface area (Å²) >= 11 is 7.45. The summed E-state index contributed by atoms with van der Waals surface area (Å²) in [4.78, 5) is 8.43. The van der Waals surface area contributed by atoms with Crippen LogP contribution in [0.25, 0.3) is 0 Å². The fraction of sp³-hybridized carbons (Fsp3) is 0.500. The first kappa shape index (κ1) is 11.4. The lowest BCUT2D eigenvalue weighted by atomic mass is 10.4. The van der Waals surface area contributed by atoms with Crippen LogP contribution in [0.4, 0.5) is 11.8 Å². The first-order valence-electron chi connectivity index (χ1n) is 4.36. The van der Waals surface area contributed by atoms with Gasteiger partial charge in [-0.25, -0.2) is 0 Å². The fourth-order valence-electron chi connectivity index (χ4n) is 0.908. The number of anilines is 2. The highest BCUT2D eigenvalue weighted by Crippen LogP contribution is 2.31. The number of hydrogen-bond acceptors (Lipinski definition) is 5. The van der Waals surface area contributed by atoms with Gasteiger partial charge in [0.2, 0.25) is 5.95 Å². The molecule has 0 bridgehead atoms. The highest BCUT2D eigenvalue weighted by molar-refractivity contribution is 7.99. The monoisotopic (exact) mass is 232 g/mol. The maximum atomic E-state index is 5.88. The van der Waals surface area contributed by atoms with Crippen LogP contribution in [0.5, 0.6) is 0 Å². The van der Waals surface area contributed by atoms with Gasteiger partial charge in [-0.2, -0.15) is 9.97 Å². The third kappa shape index (κ3) is 2.92. The standard InChI is InChI=1S/C8H13ClN4S/c1-2-3-4-14-5-6(9)12-8(11)13-7(5)10/h2-4H2,1H3,(H4,10,11,12,13). The number of halogens is 1. The molecular formula is C8H13ClN4S. The highest BCUT2D eigenvalue weighted by atomic mass is 35.5. The maximum Gasteiger partial charge on any atom is 0.223 e. The van der Waals surface area contributed by atoms with Gasteiger partial charge in [0.1, 0.15) is 11.0 Å². The molecule has 0 aromatic carbocycles. The third-order valence-electron chi connectivity index (χ3n) is 1.61. The van der Waals surface area contributed by atoms with Crippen molar-refractivity contribution in [2.75, 3.05) is 17.2 Å². The van der Waals surface area contributed by atoms with Crippen LogP contribution in [0.2, 0.25) is 5.15 Å². The molecule has 0 atom stereocenters. The number of nitrogen functional groups attached to an aromatic ring is 2. The molecule has 78 valence electrons. The van der Waals surface area contributed by atoms with E-state index >= 15 is 0 Å². The van der Waals surface area contributed by atoms with Crippen molar-refractivity contribution in [2.45, 2.75) is 24.7 Å². The van der Waals surface area contributed by atoms with E-state index in [1.807, 2.05) is 0 Å². The molecule has 1 heterocycles. The largest absolute Gasteiger partial charge is 0.383 e. The molecule has 0 aliphatic carbocycles. The molecule has 4 nitrogen and oxygen atoms in total. The summed E-state index contributed by atoms with van der Waals surface area (Å²) in [5, 5.41) is 0.344. The molecule has 0 spiro atoms. The van der Waals surface area contributed by atoms with Gasteiger partial charge in [0.25, 0.3) is 0 Å². The molecule has 0 fully saturated rings. The van der Waals surface area contributed by atoms with Crippen molar-refractivity contribution in [2.24, 2.45) is 0 Å². The van der Waals surface area contributed by atoms with Crippen LogP contribution in [-0.4, -0.2) is 15.7 Å². The molecule has 1 aromatic heterocycles. The predicted octanol–water partition coefficient (Wildman–Crippen LogP) is 2.19. The van der Waals surface area contributed by atoms with E-state index in [-0.39, 0.29) is 5.95 Å². The maximum absolute atomic E-state index is 5.88. The minimum atomic E-state index is 0.118. The normalized spacial score (nSPS) is 10.4. The molecular weight excluding hydrogens is 220 g/mol. The van der Waals surface area contributed by atoms with E-state index in [9.17, 15) is 0 Å². The van der Waals surface area contributed by atoms with Gasteiger partial charge in [0.05, 0.1) is 4.90 Å². The number of aromatic nitrogens is 2. The Kier molecular flexibility index (Phi) is 4.28. The zero-order valence-corrected chi connectivity index (χ0v) is 9.53. The van der Waals surface area contributed by atoms with Crippen LogP contribution in [0.15, 0.2) is 4.90 Å². The predicted molar refractivity (Wildman–Crippen MR) is 61.5 cm³/mol. The average molecular weight is 233 g/mol. The number of unbranched alkanes of at least 4 members (excludes halogenated alkanes) is 1.